The molecular formula is C24H20F5N7O2. The molecule has 38 heavy (non-hydrogen) atoms. The van der Waals surface area contributed by atoms with E-state index in [0.29, 0.717) is 11.2 Å². The van der Waals surface area contributed by atoms with Crippen molar-refractivity contribution in [2.75, 3.05) is 23.3 Å². The molecule has 1 saturated heterocycles. The Balaban J connectivity index is 1.49. The molecule has 9 nitrogen and oxygen atoms in total. The molecule has 0 spiro atoms. The number of rotatable bonds is 5. The van der Waals surface area contributed by atoms with Crippen molar-refractivity contribution in [2.45, 2.75) is 18.6 Å². The van der Waals surface area contributed by atoms with Gasteiger partial charge in [0.05, 0.1) is 52.5 Å². The van der Waals surface area contributed by atoms with Crippen molar-refractivity contribution in [3.05, 3.63) is 66.6 Å². The second kappa shape index (κ2) is 9.76. The summed E-state index contributed by atoms with van der Waals surface area (Å²) in [6, 6.07) is 7.01. The van der Waals surface area contributed by atoms with Crippen molar-refractivity contribution in [3.63, 3.8) is 0 Å². The highest BCUT2D eigenvalue weighted by Crippen LogP contribution is 2.37. The van der Waals surface area contributed by atoms with E-state index in [9.17, 15) is 26.7 Å². The standard InChI is InChI=1S/C24H20F5N7O2/c25-16-2-1-3-17(26)21(16)18-5-4-15-9-31-22(36(15)34-18)33-19-10-30-7-6-20(19)35-11-13(24(27,28)29)8-14(12-35)32-23(37)38/h1-7,9-10,13-14,32H,8,11-12H2,(H,31,33)(H,37,38). The van der Waals surface area contributed by atoms with Crippen molar-refractivity contribution in [1.82, 2.24) is 24.9 Å². The second-order valence-corrected chi connectivity index (χ2v) is 8.78. The predicted octanol–water partition coefficient (Wildman–Crippen LogP) is 4.84. The lowest BCUT2D eigenvalue weighted by atomic mass is 9.93. The first kappa shape index (κ1) is 25.2. The van der Waals surface area contributed by atoms with Gasteiger partial charge in [0.15, 0.2) is 0 Å². The number of imidazole rings is 1. The Bertz CT molecular complexity index is 1470. The molecule has 2 atom stereocenters. The molecule has 1 aromatic carbocycles. The number of carbonyl (C=O) groups is 1. The molecule has 3 aromatic heterocycles. The highest BCUT2D eigenvalue weighted by molar-refractivity contribution is 5.74. The van der Waals surface area contributed by atoms with Crippen molar-refractivity contribution >= 4 is 28.9 Å². The number of piperidine rings is 1. The minimum absolute atomic E-state index is 0.00510. The van der Waals surface area contributed by atoms with Crippen LogP contribution in [0.5, 0.6) is 0 Å². The number of pyridine rings is 1. The summed E-state index contributed by atoms with van der Waals surface area (Å²) in [6.07, 6.45) is -2.08. The van der Waals surface area contributed by atoms with Gasteiger partial charge in [-0.3, -0.25) is 4.98 Å². The van der Waals surface area contributed by atoms with Gasteiger partial charge >= 0.3 is 12.3 Å². The zero-order valence-corrected chi connectivity index (χ0v) is 19.5. The largest absolute Gasteiger partial charge is 0.465 e. The van der Waals surface area contributed by atoms with E-state index in [1.807, 2.05) is 0 Å². The van der Waals surface area contributed by atoms with E-state index < -0.39 is 42.4 Å². The van der Waals surface area contributed by atoms with Gasteiger partial charge < -0.3 is 20.6 Å². The van der Waals surface area contributed by atoms with Gasteiger partial charge in [0, 0.05) is 19.3 Å². The number of nitrogens with one attached hydrogen (secondary N) is 2. The van der Waals surface area contributed by atoms with Crippen LogP contribution in [0.2, 0.25) is 0 Å². The molecule has 0 radical (unpaired) electrons. The number of hydrogen-bond donors (Lipinski definition) is 3. The van der Waals surface area contributed by atoms with Crippen molar-refractivity contribution in [3.8, 4) is 11.3 Å². The summed E-state index contributed by atoms with van der Waals surface area (Å²) in [6.45, 7) is -0.397. The third kappa shape index (κ3) is 5.01. The molecule has 198 valence electrons. The third-order valence-corrected chi connectivity index (χ3v) is 6.23. The lowest BCUT2D eigenvalue weighted by Crippen LogP contribution is -2.53. The van der Waals surface area contributed by atoms with Gasteiger partial charge in [0.1, 0.15) is 11.6 Å². The molecule has 14 heteroatoms. The minimum atomic E-state index is -4.53. The number of anilines is 3. The van der Waals surface area contributed by atoms with E-state index in [1.165, 1.54) is 46.2 Å². The zero-order valence-electron chi connectivity index (χ0n) is 19.5. The molecule has 0 bridgehead atoms. The van der Waals surface area contributed by atoms with Crippen LogP contribution in [0.4, 0.5) is 44.1 Å². The molecule has 1 aliphatic rings. The maximum atomic E-state index is 14.3. The molecule has 4 aromatic rings. The molecule has 3 N–H and O–H groups in total. The maximum Gasteiger partial charge on any atom is 0.404 e. The average molecular weight is 533 g/mol. The fourth-order valence-electron chi connectivity index (χ4n) is 4.54. The van der Waals surface area contributed by atoms with Gasteiger partial charge in [0.25, 0.3) is 0 Å². The molecule has 5 rings (SSSR count). The Hall–Kier alpha value is -4.49. The molecule has 0 aliphatic carbocycles. The Morgan fingerprint density at radius 3 is 2.53 bits per heavy atom. The number of nitrogens with zero attached hydrogens (tertiary/aromatic N) is 5. The van der Waals surface area contributed by atoms with Crippen molar-refractivity contribution in [1.29, 1.82) is 0 Å². The number of benzene rings is 1. The lowest BCUT2D eigenvalue weighted by molar-refractivity contribution is -0.177. The normalized spacial score (nSPS) is 18.0. The van der Waals surface area contributed by atoms with Gasteiger partial charge in [-0.25, -0.2) is 18.6 Å². The van der Waals surface area contributed by atoms with Gasteiger partial charge in [-0.2, -0.15) is 22.8 Å². The number of hydrogen-bond acceptors (Lipinski definition) is 6. The van der Waals surface area contributed by atoms with E-state index in [4.69, 9.17) is 5.11 Å². The van der Waals surface area contributed by atoms with Crippen LogP contribution in [-0.2, 0) is 0 Å². The summed E-state index contributed by atoms with van der Waals surface area (Å²) in [7, 11) is 0. The number of aromatic nitrogens is 4. The second-order valence-electron chi connectivity index (χ2n) is 8.78. The summed E-state index contributed by atoms with van der Waals surface area (Å²) < 4.78 is 70.9. The van der Waals surface area contributed by atoms with E-state index in [-0.39, 0.29) is 35.9 Å². The highest BCUT2D eigenvalue weighted by Gasteiger charge is 2.45. The molecule has 1 fully saturated rings. The smallest absolute Gasteiger partial charge is 0.404 e. The first-order valence-corrected chi connectivity index (χ1v) is 11.4. The van der Waals surface area contributed by atoms with Gasteiger partial charge in [-0.05, 0) is 36.8 Å². The molecule has 2 unspecified atom stereocenters. The third-order valence-electron chi connectivity index (χ3n) is 6.23. The van der Waals surface area contributed by atoms with Gasteiger partial charge in [-0.15, -0.1) is 0 Å². The Kier molecular flexibility index (Phi) is 6.46. The van der Waals surface area contributed by atoms with Gasteiger partial charge in [0.2, 0.25) is 5.95 Å². The first-order valence-electron chi connectivity index (χ1n) is 11.4. The fourth-order valence-corrected chi connectivity index (χ4v) is 4.54. The summed E-state index contributed by atoms with van der Waals surface area (Å²) >= 11 is 0. The van der Waals surface area contributed by atoms with Crippen LogP contribution >= 0.6 is 0 Å². The molecule has 1 amide bonds. The first-order chi connectivity index (χ1) is 18.1. The number of amides is 1. The van der Waals surface area contributed by atoms with Crippen molar-refractivity contribution < 1.29 is 31.9 Å². The van der Waals surface area contributed by atoms with Crippen LogP contribution in [-0.4, -0.2) is 56.1 Å². The predicted molar refractivity (Wildman–Crippen MR) is 127 cm³/mol. The van der Waals surface area contributed by atoms with Gasteiger partial charge in [-0.1, -0.05) is 6.07 Å². The Morgan fingerprint density at radius 1 is 1.05 bits per heavy atom. The average Bonchev–Trinajstić information content (AvgIpc) is 3.25. The molecular weight excluding hydrogens is 513 g/mol. The topological polar surface area (TPSA) is 108 Å². The van der Waals surface area contributed by atoms with Crippen molar-refractivity contribution in [2.24, 2.45) is 5.92 Å². The maximum absolute atomic E-state index is 14.3. The van der Waals surface area contributed by atoms with Crippen LogP contribution in [0.15, 0.2) is 55.0 Å². The SMILES string of the molecule is O=C(O)NC1CC(C(F)(F)F)CN(c2ccncc2Nc2ncc3ccc(-c4c(F)cccc4F)nn23)C1. The number of fused-ring (bicyclic) bond motifs is 1. The molecule has 0 saturated carbocycles. The quantitative estimate of drug-likeness (QED) is 0.315. The Morgan fingerprint density at radius 2 is 1.82 bits per heavy atom. The monoisotopic (exact) mass is 533 g/mol. The Labute approximate surface area is 211 Å². The van der Waals surface area contributed by atoms with Crippen LogP contribution < -0.4 is 15.5 Å². The number of halogens is 5. The number of alkyl halides is 3. The van der Waals surface area contributed by atoms with E-state index in [2.05, 4.69) is 25.7 Å². The number of carboxylic acid groups (broad SMARTS) is 1. The zero-order chi connectivity index (χ0) is 27.0. The summed E-state index contributed by atoms with van der Waals surface area (Å²) in [4.78, 5) is 20.9. The fraction of sp³-hybridized carbons (Fsp3) is 0.250. The van der Waals surface area contributed by atoms with Crippen LogP contribution in [0.3, 0.4) is 0 Å². The van der Waals surface area contributed by atoms with E-state index in [0.717, 1.165) is 12.1 Å². The summed E-state index contributed by atoms with van der Waals surface area (Å²) in [5, 5.41) is 18.5. The van der Waals surface area contributed by atoms with E-state index >= 15 is 0 Å². The van der Waals surface area contributed by atoms with Crippen LogP contribution in [0.1, 0.15) is 6.42 Å². The summed E-state index contributed by atoms with van der Waals surface area (Å²) in [5.74, 6) is -3.23. The van der Waals surface area contributed by atoms with Crippen LogP contribution in [0, 0.1) is 17.6 Å². The summed E-state index contributed by atoms with van der Waals surface area (Å²) in [5.41, 5.74) is 0.784. The molecule has 1 aliphatic heterocycles. The highest BCUT2D eigenvalue weighted by atomic mass is 19.4. The van der Waals surface area contributed by atoms with E-state index in [1.54, 1.807) is 6.07 Å². The minimum Gasteiger partial charge on any atom is -0.465 e. The molecule has 4 heterocycles. The van der Waals surface area contributed by atoms with Crippen LogP contribution in [0.25, 0.3) is 16.8 Å². The lowest BCUT2D eigenvalue weighted by Gasteiger charge is -2.40.